The first-order valence-electron chi connectivity index (χ1n) is 7.35. The molecule has 0 saturated heterocycles. The van der Waals surface area contributed by atoms with Crippen molar-refractivity contribution in [1.29, 1.82) is 5.26 Å². The van der Waals surface area contributed by atoms with Crippen LogP contribution < -0.4 is 15.8 Å². The lowest BCUT2D eigenvalue weighted by Crippen LogP contribution is -2.47. The molecular formula is C17H21N3O3. The molecule has 2 amide bonds. The molecule has 0 aliphatic rings. The summed E-state index contributed by atoms with van der Waals surface area (Å²) in [5.41, 5.74) is 6.11. The number of nitrogens with zero attached hydrogens (tertiary/aromatic N) is 1. The van der Waals surface area contributed by atoms with Crippen LogP contribution in [0.2, 0.25) is 0 Å². The number of nitriles is 1. The quantitative estimate of drug-likeness (QED) is 0.711. The van der Waals surface area contributed by atoms with Gasteiger partial charge in [-0.05, 0) is 29.7 Å². The molecule has 2 atom stereocenters. The normalized spacial score (nSPS) is 13.1. The highest BCUT2D eigenvalue weighted by Crippen LogP contribution is 2.13. The molecule has 0 spiro atoms. The van der Waals surface area contributed by atoms with Crippen molar-refractivity contribution in [3.05, 3.63) is 35.9 Å². The highest BCUT2D eigenvalue weighted by molar-refractivity contribution is 5.95. The number of benzene rings is 1. The average molecular weight is 315 g/mol. The van der Waals surface area contributed by atoms with E-state index in [4.69, 9.17) is 15.7 Å². The number of ether oxygens (including phenoxy) is 1. The molecule has 0 fully saturated rings. The molecule has 0 saturated carbocycles. The standard InChI is InChI=1S/C17H21N3O3/c1-3-12(2)16(17(19)22)20-15(21)9-6-13-4-7-14(8-5-13)23-11-10-18/h4-9,12,16H,3,11H2,1-2H3,(H2,19,22)(H,20,21). The third kappa shape index (κ3) is 6.22. The molecule has 0 heterocycles. The van der Waals surface area contributed by atoms with Crippen molar-refractivity contribution in [2.45, 2.75) is 26.3 Å². The Kier molecular flexibility index (Phi) is 7.34. The summed E-state index contributed by atoms with van der Waals surface area (Å²) in [7, 11) is 0. The minimum atomic E-state index is -0.682. The van der Waals surface area contributed by atoms with Gasteiger partial charge in [-0.1, -0.05) is 32.4 Å². The minimum Gasteiger partial charge on any atom is -0.479 e. The summed E-state index contributed by atoms with van der Waals surface area (Å²) in [5.74, 6) is -0.362. The van der Waals surface area contributed by atoms with E-state index >= 15 is 0 Å². The molecule has 2 unspecified atom stereocenters. The van der Waals surface area contributed by atoms with Crippen molar-refractivity contribution >= 4 is 17.9 Å². The fraction of sp³-hybridized carbons (Fsp3) is 0.353. The van der Waals surface area contributed by atoms with Crippen LogP contribution in [0.15, 0.2) is 30.3 Å². The topological polar surface area (TPSA) is 105 Å². The SMILES string of the molecule is CCC(C)C(NC(=O)C=Cc1ccc(OCC#N)cc1)C(N)=O. The molecule has 6 nitrogen and oxygen atoms in total. The second-order valence-electron chi connectivity index (χ2n) is 5.12. The molecular weight excluding hydrogens is 294 g/mol. The Balaban J connectivity index is 2.64. The lowest BCUT2D eigenvalue weighted by molar-refractivity contribution is -0.126. The van der Waals surface area contributed by atoms with Crippen LogP contribution in [0, 0.1) is 17.2 Å². The van der Waals surface area contributed by atoms with E-state index in [2.05, 4.69) is 5.32 Å². The Morgan fingerprint density at radius 2 is 2.04 bits per heavy atom. The van der Waals surface area contributed by atoms with Gasteiger partial charge in [0.25, 0.3) is 0 Å². The first kappa shape index (κ1) is 18.2. The van der Waals surface area contributed by atoms with E-state index in [9.17, 15) is 9.59 Å². The molecule has 1 rings (SSSR count). The number of carbonyl (C=O) groups is 2. The first-order valence-corrected chi connectivity index (χ1v) is 7.35. The van der Waals surface area contributed by atoms with Crippen molar-refractivity contribution in [1.82, 2.24) is 5.32 Å². The van der Waals surface area contributed by atoms with Gasteiger partial charge >= 0.3 is 0 Å². The fourth-order valence-corrected chi connectivity index (χ4v) is 1.89. The molecule has 122 valence electrons. The van der Waals surface area contributed by atoms with Crippen LogP contribution in [0.4, 0.5) is 0 Å². The van der Waals surface area contributed by atoms with Gasteiger partial charge in [0, 0.05) is 6.08 Å². The van der Waals surface area contributed by atoms with Crippen LogP contribution in [0.3, 0.4) is 0 Å². The molecule has 1 aromatic rings. The van der Waals surface area contributed by atoms with Gasteiger partial charge in [0.1, 0.15) is 17.9 Å². The molecule has 6 heteroatoms. The monoisotopic (exact) mass is 315 g/mol. The van der Waals surface area contributed by atoms with E-state index in [1.807, 2.05) is 19.9 Å². The number of nitrogens with one attached hydrogen (secondary N) is 1. The van der Waals surface area contributed by atoms with E-state index in [1.54, 1.807) is 30.3 Å². The van der Waals surface area contributed by atoms with Gasteiger partial charge in [-0.3, -0.25) is 9.59 Å². The van der Waals surface area contributed by atoms with Crippen molar-refractivity contribution in [2.24, 2.45) is 11.7 Å². The Labute approximate surface area is 135 Å². The Morgan fingerprint density at radius 3 is 2.57 bits per heavy atom. The van der Waals surface area contributed by atoms with Crippen LogP contribution in [-0.2, 0) is 9.59 Å². The minimum absolute atomic E-state index is 0.0122. The summed E-state index contributed by atoms with van der Waals surface area (Å²) >= 11 is 0. The highest BCUT2D eigenvalue weighted by Gasteiger charge is 2.22. The largest absolute Gasteiger partial charge is 0.479 e. The van der Waals surface area contributed by atoms with E-state index in [-0.39, 0.29) is 18.4 Å². The van der Waals surface area contributed by atoms with Gasteiger partial charge < -0.3 is 15.8 Å². The maximum absolute atomic E-state index is 11.9. The molecule has 0 aliphatic heterocycles. The predicted molar refractivity (Wildman–Crippen MR) is 87.2 cm³/mol. The Hall–Kier alpha value is -2.81. The lowest BCUT2D eigenvalue weighted by atomic mass is 9.98. The predicted octanol–water partition coefficient (Wildman–Crippen LogP) is 1.62. The van der Waals surface area contributed by atoms with Crippen LogP contribution in [-0.4, -0.2) is 24.5 Å². The van der Waals surface area contributed by atoms with Crippen LogP contribution in [0.1, 0.15) is 25.8 Å². The molecule has 23 heavy (non-hydrogen) atoms. The van der Waals surface area contributed by atoms with E-state index < -0.39 is 11.9 Å². The van der Waals surface area contributed by atoms with Gasteiger partial charge in [-0.2, -0.15) is 5.26 Å². The highest BCUT2D eigenvalue weighted by atomic mass is 16.5. The molecule has 0 bridgehead atoms. The summed E-state index contributed by atoms with van der Waals surface area (Å²) in [5, 5.41) is 11.0. The summed E-state index contributed by atoms with van der Waals surface area (Å²) in [6.07, 6.45) is 3.71. The zero-order valence-electron chi connectivity index (χ0n) is 13.3. The smallest absolute Gasteiger partial charge is 0.244 e. The van der Waals surface area contributed by atoms with Crippen molar-refractivity contribution in [2.75, 3.05) is 6.61 Å². The number of nitrogens with two attached hydrogens (primary N) is 1. The number of primary amides is 1. The van der Waals surface area contributed by atoms with Crippen LogP contribution >= 0.6 is 0 Å². The van der Waals surface area contributed by atoms with Gasteiger partial charge in [-0.15, -0.1) is 0 Å². The maximum atomic E-state index is 11.9. The van der Waals surface area contributed by atoms with Crippen molar-refractivity contribution in [3.63, 3.8) is 0 Å². The average Bonchev–Trinajstić information content (AvgIpc) is 2.55. The third-order valence-corrected chi connectivity index (χ3v) is 3.43. The van der Waals surface area contributed by atoms with Crippen molar-refractivity contribution in [3.8, 4) is 11.8 Å². The molecule has 0 radical (unpaired) electrons. The number of amides is 2. The second kappa shape index (κ2) is 9.26. The number of carbonyl (C=O) groups excluding carboxylic acids is 2. The summed E-state index contributed by atoms with van der Waals surface area (Å²) in [6.45, 7) is 3.78. The molecule has 3 N–H and O–H groups in total. The van der Waals surface area contributed by atoms with Gasteiger partial charge in [0.05, 0.1) is 0 Å². The lowest BCUT2D eigenvalue weighted by Gasteiger charge is -2.20. The third-order valence-electron chi connectivity index (χ3n) is 3.43. The van der Waals surface area contributed by atoms with Crippen molar-refractivity contribution < 1.29 is 14.3 Å². The first-order chi connectivity index (χ1) is 11.0. The van der Waals surface area contributed by atoms with Gasteiger partial charge in [-0.25, -0.2) is 0 Å². The fourth-order valence-electron chi connectivity index (χ4n) is 1.89. The Morgan fingerprint density at radius 1 is 1.39 bits per heavy atom. The zero-order valence-corrected chi connectivity index (χ0v) is 13.3. The summed E-state index contributed by atoms with van der Waals surface area (Å²) in [4.78, 5) is 23.3. The van der Waals surface area contributed by atoms with E-state index in [0.29, 0.717) is 5.75 Å². The van der Waals surface area contributed by atoms with Crippen LogP contribution in [0.25, 0.3) is 6.08 Å². The second-order valence-corrected chi connectivity index (χ2v) is 5.12. The zero-order chi connectivity index (χ0) is 17.2. The molecule has 1 aromatic carbocycles. The van der Waals surface area contributed by atoms with Crippen LogP contribution in [0.5, 0.6) is 5.75 Å². The van der Waals surface area contributed by atoms with Gasteiger partial charge in [0.15, 0.2) is 6.61 Å². The van der Waals surface area contributed by atoms with E-state index in [0.717, 1.165) is 12.0 Å². The molecule has 0 aromatic heterocycles. The Bertz CT molecular complexity index is 603. The number of hydrogen-bond acceptors (Lipinski definition) is 4. The van der Waals surface area contributed by atoms with E-state index in [1.165, 1.54) is 6.08 Å². The maximum Gasteiger partial charge on any atom is 0.244 e. The summed E-state index contributed by atoms with van der Waals surface area (Å²) in [6, 6.07) is 8.14. The number of hydrogen-bond donors (Lipinski definition) is 2. The number of rotatable bonds is 8. The molecule has 0 aliphatic carbocycles. The van der Waals surface area contributed by atoms with Gasteiger partial charge in [0.2, 0.25) is 11.8 Å². The summed E-state index contributed by atoms with van der Waals surface area (Å²) < 4.78 is 5.14.